The summed E-state index contributed by atoms with van der Waals surface area (Å²) in [5.41, 5.74) is -0.436. The maximum atomic E-state index is 12.1. The van der Waals surface area contributed by atoms with E-state index in [4.69, 9.17) is 0 Å². The molecule has 0 aliphatic heterocycles. The van der Waals surface area contributed by atoms with Crippen LogP contribution in [0.4, 0.5) is 0 Å². The molecule has 0 spiro atoms. The minimum absolute atomic E-state index is 0. The number of fused-ring (bicyclic) bond motifs is 1. The van der Waals surface area contributed by atoms with Gasteiger partial charge in [-0.1, -0.05) is 30.3 Å². The summed E-state index contributed by atoms with van der Waals surface area (Å²) in [4.78, 5) is 35.6. The SMILES string of the molecule is [CH2-]C(=O)C1(C(=O)CNC(=O)c2ccc3ccccc3c2)CC1.[CH3-].[W].[Y]. The maximum absolute atomic E-state index is 12.1. The van der Waals surface area contributed by atoms with Crippen LogP contribution in [0.3, 0.4) is 0 Å². The Kier molecular flexibility index (Phi) is 9.43. The van der Waals surface area contributed by atoms with E-state index in [-0.39, 0.29) is 85.2 Å². The van der Waals surface area contributed by atoms with Gasteiger partial charge in [-0.2, -0.15) is 0 Å². The summed E-state index contributed by atoms with van der Waals surface area (Å²) in [6, 6.07) is 13.1. The minimum atomic E-state index is -0.934. The molecule has 25 heavy (non-hydrogen) atoms. The number of ketones is 2. The average Bonchev–Trinajstić information content (AvgIpc) is 3.33. The number of benzene rings is 2. The fourth-order valence-electron chi connectivity index (χ4n) is 2.60. The summed E-state index contributed by atoms with van der Waals surface area (Å²) in [5, 5.41) is 4.61. The van der Waals surface area contributed by atoms with Crippen molar-refractivity contribution in [3.05, 3.63) is 62.4 Å². The van der Waals surface area contributed by atoms with Crippen molar-refractivity contribution in [3.8, 4) is 0 Å². The Hall–Kier alpha value is -0.828. The fraction of sp³-hybridized carbons (Fsp3) is 0.211. The number of carbonyl (C=O) groups excluding carboxylic acids is 3. The number of rotatable bonds is 5. The molecule has 6 heteroatoms. The second-order valence-corrected chi connectivity index (χ2v) is 5.67. The van der Waals surface area contributed by atoms with Gasteiger partial charge in [-0.25, -0.2) is 0 Å². The molecular weight excluding hydrogens is 563 g/mol. The van der Waals surface area contributed by atoms with Crippen LogP contribution in [-0.4, -0.2) is 24.0 Å². The van der Waals surface area contributed by atoms with Gasteiger partial charge in [0, 0.05) is 65.1 Å². The quantitative estimate of drug-likeness (QED) is 0.436. The summed E-state index contributed by atoms with van der Waals surface area (Å²) < 4.78 is 0. The van der Waals surface area contributed by atoms with Gasteiger partial charge in [0.2, 0.25) is 0 Å². The van der Waals surface area contributed by atoms with Gasteiger partial charge in [0.25, 0.3) is 5.91 Å². The van der Waals surface area contributed by atoms with E-state index in [9.17, 15) is 14.4 Å². The zero-order valence-corrected chi connectivity index (χ0v) is 19.9. The largest absolute Gasteiger partial charge is 0.358 e. The van der Waals surface area contributed by atoms with E-state index in [1.165, 1.54) is 0 Å². The van der Waals surface area contributed by atoms with Crippen LogP contribution in [-0.2, 0) is 63.4 Å². The zero-order chi connectivity index (χ0) is 15.7. The van der Waals surface area contributed by atoms with E-state index in [0.29, 0.717) is 18.4 Å². The van der Waals surface area contributed by atoms with Crippen molar-refractivity contribution >= 4 is 28.2 Å². The minimum Gasteiger partial charge on any atom is -0.358 e. The molecule has 1 aliphatic rings. The molecular formula is C19H19NO3WY-2. The van der Waals surface area contributed by atoms with Crippen molar-refractivity contribution in [2.45, 2.75) is 12.8 Å². The number of amides is 1. The first-order valence-electron chi connectivity index (χ1n) is 7.20. The van der Waals surface area contributed by atoms with Crippen LogP contribution >= 0.6 is 0 Å². The van der Waals surface area contributed by atoms with Gasteiger partial charge in [0.1, 0.15) is 0 Å². The second kappa shape index (κ2) is 9.76. The summed E-state index contributed by atoms with van der Waals surface area (Å²) >= 11 is 0. The third kappa shape index (κ3) is 5.09. The molecule has 1 radical (unpaired) electrons. The first-order valence-corrected chi connectivity index (χ1v) is 7.20. The Morgan fingerprint density at radius 2 is 1.64 bits per heavy atom. The second-order valence-electron chi connectivity index (χ2n) is 5.67. The first-order chi connectivity index (χ1) is 10.5. The predicted octanol–water partition coefficient (Wildman–Crippen LogP) is 2.77. The Morgan fingerprint density at radius 1 is 1.04 bits per heavy atom. The molecule has 2 aromatic rings. The van der Waals surface area contributed by atoms with Crippen LogP contribution in [0.5, 0.6) is 0 Å². The van der Waals surface area contributed by atoms with Gasteiger partial charge in [-0.3, -0.25) is 9.59 Å². The molecule has 4 nitrogen and oxygen atoms in total. The fourth-order valence-corrected chi connectivity index (χ4v) is 2.60. The van der Waals surface area contributed by atoms with Crippen LogP contribution < -0.4 is 5.32 Å². The number of hydrogen-bond donors (Lipinski definition) is 1. The third-order valence-electron chi connectivity index (χ3n) is 4.24. The van der Waals surface area contributed by atoms with Gasteiger partial charge in [-0.15, -0.1) is 0 Å². The number of carbonyl (C=O) groups is 3. The van der Waals surface area contributed by atoms with Crippen molar-refractivity contribution in [2.75, 3.05) is 6.54 Å². The number of hydrogen-bond acceptors (Lipinski definition) is 3. The van der Waals surface area contributed by atoms with Crippen molar-refractivity contribution < 1.29 is 68.2 Å². The van der Waals surface area contributed by atoms with Crippen LogP contribution in [0, 0.1) is 19.8 Å². The van der Waals surface area contributed by atoms with Gasteiger partial charge in [0.15, 0.2) is 5.78 Å². The van der Waals surface area contributed by atoms with E-state index in [2.05, 4.69) is 12.2 Å². The van der Waals surface area contributed by atoms with Crippen molar-refractivity contribution in [1.82, 2.24) is 5.32 Å². The normalized spacial score (nSPS) is 13.4. The Labute approximate surface area is 187 Å². The van der Waals surface area contributed by atoms with Crippen molar-refractivity contribution in [3.63, 3.8) is 0 Å². The maximum Gasteiger partial charge on any atom is 0.251 e. The molecule has 0 heterocycles. The molecule has 129 valence electrons. The van der Waals surface area contributed by atoms with Crippen LogP contribution in [0.2, 0.25) is 0 Å². The van der Waals surface area contributed by atoms with E-state index in [0.717, 1.165) is 10.8 Å². The molecule has 0 saturated heterocycles. The first kappa shape index (κ1) is 24.2. The molecule has 3 rings (SSSR count). The summed E-state index contributed by atoms with van der Waals surface area (Å²) in [7, 11) is 0. The van der Waals surface area contributed by atoms with Crippen LogP contribution in [0.15, 0.2) is 42.5 Å². The molecule has 1 N–H and O–H groups in total. The monoisotopic (exact) mass is 582 g/mol. The van der Waals surface area contributed by atoms with E-state index in [1.54, 1.807) is 12.1 Å². The molecule has 0 aromatic heterocycles. The van der Waals surface area contributed by atoms with Crippen LogP contribution in [0.25, 0.3) is 10.8 Å². The van der Waals surface area contributed by atoms with Gasteiger partial charge in [-0.05, 0) is 35.7 Å². The van der Waals surface area contributed by atoms with Gasteiger partial charge < -0.3 is 24.5 Å². The molecule has 1 saturated carbocycles. The van der Waals surface area contributed by atoms with E-state index in [1.807, 2.05) is 30.3 Å². The van der Waals surface area contributed by atoms with Crippen molar-refractivity contribution in [1.29, 1.82) is 0 Å². The van der Waals surface area contributed by atoms with Gasteiger partial charge in [0.05, 0.1) is 12.0 Å². The third-order valence-corrected chi connectivity index (χ3v) is 4.24. The molecule has 1 fully saturated rings. The summed E-state index contributed by atoms with van der Waals surface area (Å²) in [6.07, 6.45) is 1.08. The number of Topliss-reactive ketones (excluding diaryl/α,β-unsaturated/α-hetero) is 2. The molecule has 1 amide bonds. The van der Waals surface area contributed by atoms with E-state index >= 15 is 0 Å². The molecule has 0 atom stereocenters. The van der Waals surface area contributed by atoms with Crippen molar-refractivity contribution in [2.24, 2.45) is 5.41 Å². The summed E-state index contributed by atoms with van der Waals surface area (Å²) in [6.45, 7) is 3.21. The average molecular weight is 582 g/mol. The van der Waals surface area contributed by atoms with Crippen LogP contribution in [0.1, 0.15) is 23.2 Å². The molecule has 0 unspecified atom stereocenters. The topological polar surface area (TPSA) is 63.2 Å². The standard InChI is InChI=1S/C18H16NO3.CH3.W.Y/c1-12(20)18(8-9-18)16(21)11-19-17(22)15-7-6-13-4-2-3-5-14(13)10-15;;;/h2-7,10H,1,8-9,11H2,(H,19,22);1H3;;/q2*-1;;. The summed E-state index contributed by atoms with van der Waals surface area (Å²) in [5.74, 6) is -0.912. The Balaban J connectivity index is 0.00000192. The Morgan fingerprint density at radius 3 is 2.20 bits per heavy atom. The molecule has 0 bridgehead atoms. The Bertz CT molecular complexity index is 787. The number of nitrogens with one attached hydrogen (secondary N) is 1. The smallest absolute Gasteiger partial charge is 0.251 e. The van der Waals surface area contributed by atoms with Gasteiger partial charge >= 0.3 is 0 Å². The van der Waals surface area contributed by atoms with E-state index < -0.39 is 5.41 Å². The molecule has 1 aliphatic carbocycles. The predicted molar refractivity (Wildman–Crippen MR) is 89.7 cm³/mol. The zero-order valence-electron chi connectivity index (χ0n) is 14.1. The molecule has 2 aromatic carbocycles.